The molecule has 1 unspecified atom stereocenters. The van der Waals surface area contributed by atoms with Gasteiger partial charge in [0.25, 0.3) is 0 Å². The lowest BCUT2D eigenvalue weighted by Gasteiger charge is -2.33. The zero-order chi connectivity index (χ0) is 21.0. The molecule has 1 atom stereocenters. The highest BCUT2D eigenvalue weighted by Crippen LogP contribution is 2.38. The summed E-state index contributed by atoms with van der Waals surface area (Å²) in [5.74, 6) is 1.97. The molecule has 0 radical (unpaired) electrons. The molecular weight excluding hydrogens is 392 g/mol. The Bertz CT molecular complexity index is 1010. The Morgan fingerprint density at radius 1 is 1.21 bits per heavy atom. The Morgan fingerprint density at radius 2 is 1.97 bits per heavy atom. The van der Waals surface area contributed by atoms with Gasteiger partial charge in [-0.25, -0.2) is 13.6 Å². The Kier molecular flexibility index (Phi) is 6.31. The highest BCUT2D eigenvalue weighted by atomic mass is 32.2. The van der Waals surface area contributed by atoms with Gasteiger partial charge < -0.3 is 20.1 Å². The predicted octanol–water partition coefficient (Wildman–Crippen LogP) is 1.98. The highest BCUT2D eigenvalue weighted by molar-refractivity contribution is 7.88. The molecule has 0 saturated carbocycles. The number of hydrogen-bond acceptors (Lipinski definition) is 7. The Morgan fingerprint density at radius 3 is 2.66 bits per heavy atom. The molecule has 156 valence electrons. The summed E-state index contributed by atoms with van der Waals surface area (Å²) in [4.78, 5) is 2.14. The molecule has 1 aliphatic rings. The number of nitrogens with zero attached hydrogens (tertiary/aromatic N) is 1. The number of nitrogens with two attached hydrogens (primary N) is 1. The number of hydrogen-bond donors (Lipinski definition) is 3. The molecule has 1 heterocycles. The van der Waals surface area contributed by atoms with Crippen molar-refractivity contribution in [2.24, 2.45) is 5.14 Å². The van der Waals surface area contributed by atoms with Gasteiger partial charge in [0.1, 0.15) is 5.82 Å². The minimum Gasteiger partial charge on any atom is -0.493 e. The van der Waals surface area contributed by atoms with Crippen LogP contribution in [0.5, 0.6) is 11.5 Å². The van der Waals surface area contributed by atoms with Crippen LogP contribution in [-0.4, -0.2) is 41.3 Å². The van der Waals surface area contributed by atoms with E-state index in [0.717, 1.165) is 17.1 Å². The van der Waals surface area contributed by atoms with E-state index in [1.807, 2.05) is 37.4 Å². The monoisotopic (exact) mass is 418 g/mol. The van der Waals surface area contributed by atoms with Gasteiger partial charge in [-0.3, -0.25) is 4.90 Å². The maximum atomic E-state index is 11.4. The van der Waals surface area contributed by atoms with Crippen molar-refractivity contribution in [1.29, 1.82) is 0 Å². The van der Waals surface area contributed by atoms with Crippen LogP contribution in [0, 0.1) is 0 Å². The summed E-state index contributed by atoms with van der Waals surface area (Å²) in [6.07, 6.45) is 2.05. The molecule has 4 N–H and O–H groups in total. The molecule has 2 aromatic carbocycles. The van der Waals surface area contributed by atoms with Crippen LogP contribution >= 0.6 is 0 Å². The third-order valence-corrected chi connectivity index (χ3v) is 5.38. The van der Waals surface area contributed by atoms with Gasteiger partial charge in [0, 0.05) is 11.3 Å². The molecule has 0 spiro atoms. The van der Waals surface area contributed by atoms with Gasteiger partial charge in [-0.15, -0.1) is 0 Å². The molecule has 2 aromatic rings. The van der Waals surface area contributed by atoms with Crippen molar-refractivity contribution in [3.63, 3.8) is 0 Å². The van der Waals surface area contributed by atoms with Gasteiger partial charge in [-0.1, -0.05) is 24.3 Å². The average Bonchev–Trinajstić information content (AvgIpc) is 2.67. The standard InChI is InChI=1S/C20H26N4O4S/c1-24-13-22-19(23-15-7-4-6-14(10-15)12-29(21,25)26)11-17(24)16-8-5-9-18(27-2)20(16)28-3/h4-11,17,22-23H,12-13H2,1-3H3,(H2,21,25,26). The van der Waals surface area contributed by atoms with E-state index in [-0.39, 0.29) is 11.8 Å². The first kappa shape index (κ1) is 21.0. The van der Waals surface area contributed by atoms with Crippen LogP contribution in [0.3, 0.4) is 0 Å². The normalized spacial score (nSPS) is 17.2. The number of rotatable bonds is 7. The third-order valence-electron chi connectivity index (χ3n) is 4.64. The van der Waals surface area contributed by atoms with Gasteiger partial charge in [0.05, 0.1) is 32.7 Å². The van der Waals surface area contributed by atoms with E-state index in [1.165, 1.54) is 0 Å². The molecule has 8 nitrogen and oxygen atoms in total. The minimum absolute atomic E-state index is 0.0450. The molecule has 1 aliphatic heterocycles. The molecule has 0 aliphatic carbocycles. The number of benzene rings is 2. The molecule has 0 aromatic heterocycles. The minimum atomic E-state index is -3.58. The van der Waals surface area contributed by atoms with E-state index in [4.69, 9.17) is 14.6 Å². The number of primary sulfonamides is 1. The first-order valence-electron chi connectivity index (χ1n) is 9.04. The average molecular weight is 419 g/mol. The van der Waals surface area contributed by atoms with Crippen LogP contribution < -0.4 is 25.2 Å². The lowest BCUT2D eigenvalue weighted by atomic mass is 10.0. The molecule has 0 bridgehead atoms. The number of nitrogens with one attached hydrogen (secondary N) is 2. The molecule has 3 rings (SSSR count). The number of ether oxygens (including phenoxy) is 2. The number of methoxy groups -OCH3 is 2. The largest absolute Gasteiger partial charge is 0.493 e. The van der Waals surface area contributed by atoms with Gasteiger partial charge in [0.2, 0.25) is 10.0 Å². The highest BCUT2D eigenvalue weighted by Gasteiger charge is 2.25. The van der Waals surface area contributed by atoms with Crippen molar-refractivity contribution >= 4 is 15.7 Å². The summed E-state index contributed by atoms with van der Waals surface area (Å²) in [5, 5.41) is 11.8. The van der Waals surface area contributed by atoms with E-state index in [1.54, 1.807) is 32.4 Å². The lowest BCUT2D eigenvalue weighted by molar-refractivity contribution is 0.248. The van der Waals surface area contributed by atoms with Crippen molar-refractivity contribution < 1.29 is 17.9 Å². The Labute approximate surface area is 171 Å². The van der Waals surface area contributed by atoms with E-state index in [2.05, 4.69) is 15.5 Å². The zero-order valence-electron chi connectivity index (χ0n) is 16.7. The second-order valence-electron chi connectivity index (χ2n) is 6.83. The fraction of sp³-hybridized carbons (Fsp3) is 0.300. The van der Waals surface area contributed by atoms with Crippen LogP contribution in [0.4, 0.5) is 5.69 Å². The fourth-order valence-electron chi connectivity index (χ4n) is 3.34. The van der Waals surface area contributed by atoms with Crippen molar-refractivity contribution in [3.8, 4) is 11.5 Å². The number of para-hydroxylation sites is 1. The number of anilines is 1. The summed E-state index contributed by atoms with van der Waals surface area (Å²) >= 11 is 0. The van der Waals surface area contributed by atoms with E-state index < -0.39 is 10.0 Å². The van der Waals surface area contributed by atoms with Crippen molar-refractivity contribution in [2.45, 2.75) is 11.8 Å². The smallest absolute Gasteiger partial charge is 0.213 e. The van der Waals surface area contributed by atoms with Crippen LogP contribution in [0.1, 0.15) is 17.2 Å². The van der Waals surface area contributed by atoms with Crippen molar-refractivity contribution in [2.75, 3.05) is 33.3 Å². The second-order valence-corrected chi connectivity index (χ2v) is 8.45. The van der Waals surface area contributed by atoms with Gasteiger partial charge in [0.15, 0.2) is 11.5 Å². The number of likely N-dealkylation sites (N-methyl/N-ethyl adjacent to an activating group) is 1. The topological polar surface area (TPSA) is 106 Å². The van der Waals surface area contributed by atoms with Crippen molar-refractivity contribution in [1.82, 2.24) is 10.2 Å². The molecule has 29 heavy (non-hydrogen) atoms. The summed E-state index contributed by atoms with van der Waals surface area (Å²) in [6.45, 7) is 0.612. The molecular formula is C20H26N4O4S. The van der Waals surface area contributed by atoms with Gasteiger partial charge in [-0.2, -0.15) is 0 Å². The van der Waals surface area contributed by atoms with E-state index in [9.17, 15) is 8.42 Å². The predicted molar refractivity (Wildman–Crippen MR) is 113 cm³/mol. The van der Waals surface area contributed by atoms with Gasteiger partial charge >= 0.3 is 0 Å². The maximum absolute atomic E-state index is 11.4. The van der Waals surface area contributed by atoms with Crippen LogP contribution in [0.15, 0.2) is 54.4 Å². The van der Waals surface area contributed by atoms with E-state index >= 15 is 0 Å². The fourth-order valence-corrected chi connectivity index (χ4v) is 3.98. The summed E-state index contributed by atoms with van der Waals surface area (Å²) in [5.41, 5.74) is 2.38. The quantitative estimate of drug-likeness (QED) is 0.631. The van der Waals surface area contributed by atoms with Crippen molar-refractivity contribution in [3.05, 3.63) is 65.5 Å². The zero-order valence-corrected chi connectivity index (χ0v) is 17.5. The molecule has 0 saturated heterocycles. The SMILES string of the molecule is COc1cccc(C2C=C(Nc3cccc(CS(N)(=O)=O)c3)NCN2C)c1OC. The molecule has 0 amide bonds. The van der Waals surface area contributed by atoms with Crippen LogP contribution in [-0.2, 0) is 15.8 Å². The third kappa shape index (κ3) is 5.20. The van der Waals surface area contributed by atoms with Crippen LogP contribution in [0.2, 0.25) is 0 Å². The molecule has 0 fully saturated rings. The first-order chi connectivity index (χ1) is 13.8. The summed E-state index contributed by atoms with van der Waals surface area (Å²) in [7, 11) is 1.67. The summed E-state index contributed by atoms with van der Waals surface area (Å²) in [6, 6.07) is 12.9. The van der Waals surface area contributed by atoms with Gasteiger partial charge in [-0.05, 0) is 36.9 Å². The summed E-state index contributed by atoms with van der Waals surface area (Å²) < 4.78 is 33.7. The number of sulfonamides is 1. The maximum Gasteiger partial charge on any atom is 0.213 e. The Hall–Kier alpha value is -2.75. The van der Waals surface area contributed by atoms with Crippen LogP contribution in [0.25, 0.3) is 0 Å². The first-order valence-corrected chi connectivity index (χ1v) is 10.8. The second kappa shape index (κ2) is 8.73. The molecule has 9 heteroatoms. The lowest BCUT2D eigenvalue weighted by Crippen LogP contribution is -2.40. The van der Waals surface area contributed by atoms with E-state index in [0.29, 0.717) is 23.7 Å². The Balaban J connectivity index is 1.88.